The SMILES string of the molecule is Cc1ccc(N2C[C@@H](C(=O)Nc3nnc(SCCC4OCCO4)s3)CC2=O)cc1. The van der Waals surface area contributed by atoms with Crippen molar-refractivity contribution >= 4 is 45.7 Å². The number of amides is 2. The summed E-state index contributed by atoms with van der Waals surface area (Å²) in [5, 5.41) is 11.4. The maximum Gasteiger partial charge on any atom is 0.231 e. The molecular weight excluding hydrogens is 412 g/mol. The summed E-state index contributed by atoms with van der Waals surface area (Å²) in [4.78, 5) is 26.6. The number of carbonyl (C=O) groups excluding carboxylic acids is 2. The molecule has 3 heterocycles. The van der Waals surface area contributed by atoms with Crippen LogP contribution in [0.4, 0.5) is 10.8 Å². The minimum Gasteiger partial charge on any atom is -0.350 e. The van der Waals surface area contributed by atoms with Crippen molar-refractivity contribution in [2.45, 2.75) is 30.4 Å². The van der Waals surface area contributed by atoms with Gasteiger partial charge >= 0.3 is 0 Å². The second kappa shape index (κ2) is 9.21. The van der Waals surface area contributed by atoms with E-state index in [1.165, 1.54) is 11.3 Å². The Hall–Kier alpha value is -2.01. The quantitative estimate of drug-likeness (QED) is 0.529. The molecular formula is C19H22N4O4S2. The standard InChI is InChI=1S/C19H22N4O4S2/c1-12-2-4-14(5-3-12)23-11-13(10-15(23)24)17(25)20-18-21-22-19(29-18)28-9-6-16-26-7-8-27-16/h2-5,13,16H,6-11H2,1H3,(H,20,21,25)/t13-/m0/s1. The van der Waals surface area contributed by atoms with E-state index in [4.69, 9.17) is 9.47 Å². The lowest BCUT2D eigenvalue weighted by Crippen LogP contribution is -2.28. The lowest BCUT2D eigenvalue weighted by Gasteiger charge is -2.16. The monoisotopic (exact) mass is 434 g/mol. The Morgan fingerprint density at radius 3 is 2.79 bits per heavy atom. The van der Waals surface area contributed by atoms with Gasteiger partial charge in [-0.25, -0.2) is 0 Å². The fourth-order valence-electron chi connectivity index (χ4n) is 3.20. The van der Waals surface area contributed by atoms with Crippen molar-refractivity contribution in [2.24, 2.45) is 5.92 Å². The fourth-order valence-corrected chi connectivity index (χ4v) is 4.99. The van der Waals surface area contributed by atoms with E-state index in [0.29, 0.717) is 24.9 Å². The number of aromatic nitrogens is 2. The molecule has 29 heavy (non-hydrogen) atoms. The number of carbonyl (C=O) groups is 2. The maximum absolute atomic E-state index is 12.6. The van der Waals surface area contributed by atoms with Crippen molar-refractivity contribution in [3.8, 4) is 0 Å². The number of rotatable bonds is 7. The molecule has 1 N–H and O–H groups in total. The van der Waals surface area contributed by atoms with Crippen LogP contribution in [0.5, 0.6) is 0 Å². The van der Waals surface area contributed by atoms with E-state index in [2.05, 4.69) is 15.5 Å². The molecule has 10 heteroatoms. The Morgan fingerprint density at radius 2 is 2.03 bits per heavy atom. The summed E-state index contributed by atoms with van der Waals surface area (Å²) >= 11 is 2.89. The van der Waals surface area contributed by atoms with Crippen molar-refractivity contribution in [1.82, 2.24) is 10.2 Å². The van der Waals surface area contributed by atoms with Crippen LogP contribution in [0.2, 0.25) is 0 Å². The van der Waals surface area contributed by atoms with Gasteiger partial charge in [0.05, 0.1) is 19.1 Å². The number of aryl methyl sites for hydroxylation is 1. The first kappa shape index (κ1) is 20.3. The minimum atomic E-state index is -0.402. The molecule has 0 saturated carbocycles. The van der Waals surface area contributed by atoms with Crippen molar-refractivity contribution in [2.75, 3.05) is 35.7 Å². The summed E-state index contributed by atoms with van der Waals surface area (Å²) in [6.07, 6.45) is 0.845. The van der Waals surface area contributed by atoms with Crippen LogP contribution >= 0.6 is 23.1 Å². The number of hydrogen-bond donors (Lipinski definition) is 1. The van der Waals surface area contributed by atoms with Crippen LogP contribution in [-0.4, -0.2) is 53.8 Å². The first-order valence-corrected chi connectivity index (χ1v) is 11.3. The molecule has 2 saturated heterocycles. The van der Waals surface area contributed by atoms with Gasteiger partial charge in [-0.1, -0.05) is 40.8 Å². The van der Waals surface area contributed by atoms with Gasteiger partial charge in [-0.15, -0.1) is 10.2 Å². The summed E-state index contributed by atoms with van der Waals surface area (Å²) in [7, 11) is 0. The van der Waals surface area contributed by atoms with Gasteiger partial charge in [0.1, 0.15) is 0 Å². The predicted molar refractivity (Wildman–Crippen MR) is 111 cm³/mol. The zero-order chi connectivity index (χ0) is 20.2. The Bertz CT molecular complexity index is 867. The number of nitrogens with one attached hydrogen (secondary N) is 1. The Balaban J connectivity index is 1.27. The van der Waals surface area contributed by atoms with E-state index < -0.39 is 5.92 Å². The summed E-state index contributed by atoms with van der Waals surface area (Å²) in [6.45, 7) is 3.66. The number of benzene rings is 1. The molecule has 0 spiro atoms. The molecule has 2 amide bonds. The van der Waals surface area contributed by atoms with Crippen LogP contribution in [-0.2, 0) is 19.1 Å². The highest BCUT2D eigenvalue weighted by Crippen LogP contribution is 2.29. The number of hydrogen-bond acceptors (Lipinski definition) is 8. The normalized spacial score (nSPS) is 19.8. The molecule has 1 aromatic heterocycles. The van der Waals surface area contributed by atoms with Gasteiger partial charge in [-0.2, -0.15) is 0 Å². The highest BCUT2D eigenvalue weighted by atomic mass is 32.2. The van der Waals surface area contributed by atoms with E-state index in [-0.39, 0.29) is 24.5 Å². The molecule has 0 bridgehead atoms. The average Bonchev–Trinajstić information content (AvgIpc) is 3.45. The van der Waals surface area contributed by atoms with Crippen LogP contribution in [0.15, 0.2) is 28.6 Å². The van der Waals surface area contributed by atoms with Gasteiger partial charge in [0.2, 0.25) is 16.9 Å². The molecule has 2 fully saturated rings. The molecule has 4 rings (SSSR count). The molecule has 154 valence electrons. The molecule has 8 nitrogen and oxygen atoms in total. The number of nitrogens with zero attached hydrogens (tertiary/aromatic N) is 3. The van der Waals surface area contributed by atoms with E-state index in [9.17, 15) is 9.59 Å². The first-order chi connectivity index (χ1) is 14.1. The smallest absolute Gasteiger partial charge is 0.231 e. The van der Waals surface area contributed by atoms with E-state index >= 15 is 0 Å². The van der Waals surface area contributed by atoms with Crippen LogP contribution in [0.3, 0.4) is 0 Å². The lowest BCUT2D eigenvalue weighted by atomic mass is 10.1. The Kier molecular flexibility index (Phi) is 6.43. The zero-order valence-corrected chi connectivity index (χ0v) is 17.6. The maximum atomic E-state index is 12.6. The molecule has 0 unspecified atom stereocenters. The van der Waals surface area contributed by atoms with E-state index in [0.717, 1.165) is 27.8 Å². The third-order valence-electron chi connectivity index (χ3n) is 4.75. The number of ether oxygens (including phenoxy) is 2. The number of anilines is 2. The van der Waals surface area contributed by atoms with Gasteiger partial charge in [0.15, 0.2) is 10.6 Å². The van der Waals surface area contributed by atoms with E-state index in [1.807, 2.05) is 31.2 Å². The lowest BCUT2D eigenvalue weighted by molar-refractivity contribution is -0.122. The zero-order valence-electron chi connectivity index (χ0n) is 16.0. The van der Waals surface area contributed by atoms with Crippen molar-refractivity contribution < 1.29 is 19.1 Å². The van der Waals surface area contributed by atoms with Crippen LogP contribution in [0, 0.1) is 12.8 Å². The van der Waals surface area contributed by atoms with Gasteiger partial charge in [0.25, 0.3) is 0 Å². The summed E-state index contributed by atoms with van der Waals surface area (Å²) in [6, 6.07) is 7.73. The molecule has 1 aromatic carbocycles. The first-order valence-electron chi connectivity index (χ1n) is 9.46. The Labute approximate surface area is 177 Å². The van der Waals surface area contributed by atoms with E-state index in [1.54, 1.807) is 16.7 Å². The van der Waals surface area contributed by atoms with Gasteiger partial charge in [0, 0.05) is 30.8 Å². The summed E-state index contributed by atoms with van der Waals surface area (Å²) in [5.74, 6) is 0.156. The van der Waals surface area contributed by atoms with Crippen LogP contribution in [0.25, 0.3) is 0 Å². The second-order valence-electron chi connectivity index (χ2n) is 6.91. The molecule has 2 aliphatic heterocycles. The second-order valence-corrected chi connectivity index (χ2v) is 9.23. The predicted octanol–water partition coefficient (Wildman–Crippen LogP) is 2.69. The number of thioether (sulfide) groups is 1. The molecule has 0 aliphatic carbocycles. The molecule has 2 aliphatic rings. The van der Waals surface area contributed by atoms with Gasteiger partial charge in [-0.05, 0) is 19.1 Å². The van der Waals surface area contributed by atoms with Crippen molar-refractivity contribution in [3.63, 3.8) is 0 Å². The Morgan fingerprint density at radius 1 is 1.28 bits per heavy atom. The third kappa shape index (κ3) is 5.13. The highest BCUT2D eigenvalue weighted by molar-refractivity contribution is 8.01. The largest absolute Gasteiger partial charge is 0.350 e. The van der Waals surface area contributed by atoms with Crippen LogP contribution < -0.4 is 10.2 Å². The summed E-state index contributed by atoms with van der Waals surface area (Å²) in [5.41, 5.74) is 1.95. The average molecular weight is 435 g/mol. The molecule has 2 aromatic rings. The third-order valence-corrected chi connectivity index (χ3v) is 6.75. The summed E-state index contributed by atoms with van der Waals surface area (Å²) < 4.78 is 11.6. The van der Waals surface area contributed by atoms with Gasteiger partial charge in [-0.3, -0.25) is 9.59 Å². The van der Waals surface area contributed by atoms with Crippen LogP contribution in [0.1, 0.15) is 18.4 Å². The van der Waals surface area contributed by atoms with Crippen molar-refractivity contribution in [3.05, 3.63) is 29.8 Å². The molecule has 0 radical (unpaired) electrons. The highest BCUT2D eigenvalue weighted by Gasteiger charge is 2.35. The minimum absolute atomic E-state index is 0.0427. The fraction of sp³-hybridized carbons (Fsp3) is 0.474. The topological polar surface area (TPSA) is 93.7 Å². The van der Waals surface area contributed by atoms with Gasteiger partial charge < -0.3 is 19.7 Å². The molecule has 1 atom stereocenters. The van der Waals surface area contributed by atoms with Crippen molar-refractivity contribution in [1.29, 1.82) is 0 Å².